The molecule has 0 spiro atoms. The van der Waals surface area contributed by atoms with E-state index in [4.69, 9.17) is 9.84 Å². The van der Waals surface area contributed by atoms with Crippen molar-refractivity contribution >= 4 is 22.6 Å². The Kier molecular flexibility index (Phi) is 12.1. The second-order valence-corrected chi connectivity index (χ2v) is 2.98. The summed E-state index contributed by atoms with van der Waals surface area (Å²) >= 11 is 2.28. The lowest BCUT2D eigenvalue weighted by molar-refractivity contribution is 0.0940. The highest BCUT2D eigenvalue weighted by molar-refractivity contribution is 14.1. The van der Waals surface area contributed by atoms with E-state index in [9.17, 15) is 0 Å². The van der Waals surface area contributed by atoms with Crippen LogP contribution in [-0.4, -0.2) is 49.1 Å². The molecule has 0 aromatic rings. The third-order valence-electron chi connectivity index (χ3n) is 1.23. The van der Waals surface area contributed by atoms with Gasteiger partial charge >= 0.3 is 0 Å². The molecule has 12 heavy (non-hydrogen) atoms. The lowest BCUT2D eigenvalue weighted by Gasteiger charge is -2.04. The van der Waals surface area contributed by atoms with Crippen molar-refractivity contribution in [2.45, 2.75) is 0 Å². The molecule has 0 aromatic carbocycles. The van der Waals surface area contributed by atoms with Gasteiger partial charge in [-0.05, 0) is 0 Å². The van der Waals surface area contributed by atoms with Gasteiger partial charge in [0.2, 0.25) is 0 Å². The van der Waals surface area contributed by atoms with Gasteiger partial charge in [0.1, 0.15) is 0 Å². The average Bonchev–Trinajstić information content (AvgIpc) is 2.10. The third kappa shape index (κ3) is 10.6. The second-order valence-electron chi connectivity index (χ2n) is 2.22. The molecule has 0 amide bonds. The van der Waals surface area contributed by atoms with Crippen LogP contribution in [0.25, 0.3) is 0 Å². The summed E-state index contributed by atoms with van der Waals surface area (Å²) in [6.45, 7) is 4.02. The summed E-state index contributed by atoms with van der Waals surface area (Å²) < 4.78 is 6.04. The van der Waals surface area contributed by atoms with Gasteiger partial charge in [0.05, 0.1) is 19.8 Å². The zero-order valence-corrected chi connectivity index (χ0v) is 9.34. The number of halogens is 1. The third-order valence-corrected chi connectivity index (χ3v) is 1.77. The molecule has 0 aromatic heterocycles. The average molecular weight is 288 g/mol. The van der Waals surface area contributed by atoms with Crippen LogP contribution < -0.4 is 10.6 Å². The van der Waals surface area contributed by atoms with E-state index in [1.165, 1.54) is 0 Å². The van der Waals surface area contributed by atoms with Gasteiger partial charge < -0.3 is 20.5 Å². The van der Waals surface area contributed by atoms with E-state index in [-0.39, 0.29) is 6.61 Å². The Morgan fingerprint density at radius 3 is 2.50 bits per heavy atom. The molecule has 74 valence electrons. The molecule has 0 aliphatic carbocycles. The largest absolute Gasteiger partial charge is 0.394 e. The summed E-state index contributed by atoms with van der Waals surface area (Å²) in [5.74, 6) is 0. The highest BCUT2D eigenvalue weighted by atomic mass is 127. The van der Waals surface area contributed by atoms with Crippen LogP contribution in [0.1, 0.15) is 0 Å². The van der Waals surface area contributed by atoms with Gasteiger partial charge in [-0.25, -0.2) is 0 Å². The van der Waals surface area contributed by atoms with E-state index >= 15 is 0 Å². The van der Waals surface area contributed by atoms with Gasteiger partial charge in [-0.2, -0.15) is 0 Å². The quantitative estimate of drug-likeness (QED) is 0.233. The van der Waals surface area contributed by atoms with Crippen LogP contribution in [0.3, 0.4) is 0 Å². The topological polar surface area (TPSA) is 53.5 Å². The fourth-order valence-corrected chi connectivity index (χ4v) is 1.06. The number of aliphatic hydroxyl groups excluding tert-OH is 1. The zero-order valence-electron chi connectivity index (χ0n) is 7.18. The predicted octanol–water partition coefficient (Wildman–Crippen LogP) is -0.433. The number of hydrogen-bond acceptors (Lipinski definition) is 4. The molecule has 3 N–H and O–H groups in total. The van der Waals surface area contributed by atoms with E-state index in [0.717, 1.165) is 24.2 Å². The molecule has 4 nitrogen and oxygen atoms in total. The lowest BCUT2D eigenvalue weighted by Crippen LogP contribution is -2.29. The van der Waals surface area contributed by atoms with E-state index in [2.05, 4.69) is 33.2 Å². The van der Waals surface area contributed by atoms with Gasteiger partial charge in [0.15, 0.2) is 0 Å². The normalized spacial score (nSPS) is 10.5. The molecule has 0 aliphatic heterocycles. The number of alkyl halides is 1. The Labute approximate surface area is 87.2 Å². The Hall–Kier alpha value is 0.570. The van der Waals surface area contributed by atoms with Crippen molar-refractivity contribution in [3.8, 4) is 0 Å². The van der Waals surface area contributed by atoms with E-state index in [1.54, 1.807) is 0 Å². The minimum absolute atomic E-state index is 0.108. The van der Waals surface area contributed by atoms with Crippen molar-refractivity contribution in [2.75, 3.05) is 44.0 Å². The molecule has 0 saturated heterocycles. The van der Waals surface area contributed by atoms with Crippen molar-refractivity contribution in [3.05, 3.63) is 0 Å². The monoisotopic (exact) mass is 288 g/mol. The highest BCUT2D eigenvalue weighted by Gasteiger charge is 1.87. The van der Waals surface area contributed by atoms with Gasteiger partial charge in [-0.3, -0.25) is 0 Å². The summed E-state index contributed by atoms with van der Waals surface area (Å²) in [6, 6.07) is 0. The molecule has 0 rings (SSSR count). The molecule has 0 heterocycles. The first kappa shape index (κ1) is 12.6. The minimum atomic E-state index is 0.108. The zero-order chi connectivity index (χ0) is 9.07. The minimum Gasteiger partial charge on any atom is -0.394 e. The summed E-state index contributed by atoms with van der Waals surface area (Å²) in [5, 5.41) is 14.8. The van der Waals surface area contributed by atoms with Gasteiger partial charge in [0, 0.05) is 24.2 Å². The molecule has 0 atom stereocenters. The maximum Gasteiger partial charge on any atom is 0.0698 e. The van der Waals surface area contributed by atoms with Crippen LogP contribution in [0, 0.1) is 0 Å². The molecular weight excluding hydrogens is 271 g/mol. The van der Waals surface area contributed by atoms with Crippen molar-refractivity contribution in [3.63, 3.8) is 0 Å². The van der Waals surface area contributed by atoms with E-state index in [0.29, 0.717) is 13.2 Å². The van der Waals surface area contributed by atoms with Crippen LogP contribution in [0.15, 0.2) is 0 Å². The Balaban J connectivity index is 2.73. The summed E-state index contributed by atoms with van der Waals surface area (Å²) in [7, 11) is 0. The van der Waals surface area contributed by atoms with Crippen LogP contribution in [0.4, 0.5) is 0 Å². The fourth-order valence-electron chi connectivity index (χ4n) is 0.680. The number of ether oxygens (including phenoxy) is 1. The number of rotatable bonds is 9. The van der Waals surface area contributed by atoms with Gasteiger partial charge in [-0.1, -0.05) is 22.6 Å². The molecule has 0 fully saturated rings. The molecule has 5 heteroatoms. The van der Waals surface area contributed by atoms with Crippen molar-refractivity contribution in [2.24, 2.45) is 0 Å². The Morgan fingerprint density at radius 2 is 1.83 bits per heavy atom. The van der Waals surface area contributed by atoms with Crippen molar-refractivity contribution in [1.82, 2.24) is 10.6 Å². The molecule has 0 radical (unpaired) electrons. The van der Waals surface area contributed by atoms with Crippen molar-refractivity contribution < 1.29 is 9.84 Å². The smallest absolute Gasteiger partial charge is 0.0698 e. The first-order valence-electron chi connectivity index (χ1n) is 4.08. The number of aliphatic hydroxyl groups is 1. The predicted molar refractivity (Wildman–Crippen MR) is 57.7 cm³/mol. The fraction of sp³-hybridized carbons (Fsp3) is 1.00. The first-order valence-corrected chi connectivity index (χ1v) is 5.60. The van der Waals surface area contributed by atoms with Crippen LogP contribution >= 0.6 is 22.6 Å². The lowest BCUT2D eigenvalue weighted by atomic mass is 10.6. The van der Waals surface area contributed by atoms with Crippen LogP contribution in [0.5, 0.6) is 0 Å². The maximum atomic E-state index is 8.38. The maximum absolute atomic E-state index is 8.38. The SMILES string of the molecule is OCCOCCNCCNCI. The number of nitrogens with one attached hydrogen (secondary N) is 2. The number of hydrogen-bond donors (Lipinski definition) is 3. The summed E-state index contributed by atoms with van der Waals surface area (Å²) in [5.41, 5.74) is 0. The molecule has 0 aliphatic rings. The van der Waals surface area contributed by atoms with E-state index < -0.39 is 0 Å². The van der Waals surface area contributed by atoms with Crippen LogP contribution in [0.2, 0.25) is 0 Å². The molecule has 0 unspecified atom stereocenters. The molecule has 0 saturated carbocycles. The van der Waals surface area contributed by atoms with Gasteiger partial charge in [0.25, 0.3) is 0 Å². The summed E-state index contributed by atoms with van der Waals surface area (Å²) in [4.78, 5) is 0. The van der Waals surface area contributed by atoms with Crippen molar-refractivity contribution in [1.29, 1.82) is 0 Å². The molecular formula is C7H17IN2O2. The Morgan fingerprint density at radius 1 is 1.08 bits per heavy atom. The Bertz CT molecular complexity index is 75.8. The molecule has 0 bridgehead atoms. The van der Waals surface area contributed by atoms with Gasteiger partial charge in [-0.15, -0.1) is 0 Å². The van der Waals surface area contributed by atoms with E-state index in [1.807, 2.05) is 0 Å². The standard InChI is InChI=1S/C7H17IN2O2/c8-7-10-2-1-9-3-5-12-6-4-11/h9-11H,1-7H2. The highest BCUT2D eigenvalue weighted by Crippen LogP contribution is 1.72. The summed E-state index contributed by atoms with van der Waals surface area (Å²) in [6.07, 6.45) is 0. The second kappa shape index (κ2) is 11.6. The first-order chi connectivity index (χ1) is 5.91. The van der Waals surface area contributed by atoms with Crippen LogP contribution in [-0.2, 0) is 4.74 Å².